The molecule has 1 unspecified atom stereocenters. The highest BCUT2D eigenvalue weighted by Gasteiger charge is 2.42. The lowest BCUT2D eigenvalue weighted by molar-refractivity contribution is -0.144. The lowest BCUT2D eigenvalue weighted by Crippen LogP contribution is -2.55. The topological polar surface area (TPSA) is 73.9 Å². The summed E-state index contributed by atoms with van der Waals surface area (Å²) in [5.41, 5.74) is 8.67. The molecule has 1 aromatic carbocycles. The number of carbonyl (C=O) groups is 1. The number of fused-ring (bicyclic) bond motifs is 4. The van der Waals surface area contributed by atoms with Gasteiger partial charge < -0.3 is 15.2 Å². The van der Waals surface area contributed by atoms with Crippen molar-refractivity contribution < 1.29 is 4.79 Å². The fraction of sp³-hybridized carbons (Fsp3) is 0.486. The van der Waals surface area contributed by atoms with Gasteiger partial charge in [0.2, 0.25) is 5.91 Å². The van der Waals surface area contributed by atoms with Crippen molar-refractivity contribution in [3.05, 3.63) is 82.8 Å². The number of piperidine rings is 2. The van der Waals surface area contributed by atoms with Gasteiger partial charge >= 0.3 is 0 Å². The largest absolute Gasteiger partial charge is 0.339 e. The molecule has 3 aromatic heterocycles. The smallest absolute Gasteiger partial charge is 0.232 e. The van der Waals surface area contributed by atoms with E-state index in [-0.39, 0.29) is 11.8 Å². The van der Waals surface area contributed by atoms with E-state index in [1.165, 1.54) is 40.7 Å². The highest BCUT2D eigenvalue weighted by Crippen LogP contribution is 2.40. The van der Waals surface area contributed by atoms with Gasteiger partial charge in [-0.1, -0.05) is 24.1 Å². The maximum absolute atomic E-state index is 14.0. The molecule has 1 aliphatic carbocycles. The standard InChI is InChI=1S/C37H47N5O/c1-24-17-25(2)19-29(18-24)34-33(26(3)21-39-14-6-7-27-12-15-38-16-13-27)32-20-30(22-40-35(32)41-34)37(4,5)36(43)42-23-28-8-10-31(42)11-9-28/h12-13,15-20,22,26,28,31,39H,6-11,14,21,23H2,1-5H3,(H,40,41). The second-order valence-corrected chi connectivity index (χ2v) is 13.7. The molecule has 43 heavy (non-hydrogen) atoms. The third kappa shape index (κ3) is 6.12. The first kappa shape index (κ1) is 29.6. The van der Waals surface area contributed by atoms with Crippen molar-refractivity contribution in [3.63, 3.8) is 0 Å². The summed E-state index contributed by atoms with van der Waals surface area (Å²) in [6.45, 7) is 13.5. The van der Waals surface area contributed by atoms with Crippen LogP contribution in [0.25, 0.3) is 22.3 Å². The summed E-state index contributed by atoms with van der Waals surface area (Å²) in [5, 5.41) is 4.84. The second kappa shape index (κ2) is 12.2. The maximum atomic E-state index is 14.0. The molecule has 5 heterocycles. The van der Waals surface area contributed by atoms with Crippen LogP contribution < -0.4 is 5.32 Å². The van der Waals surface area contributed by atoms with E-state index in [1.54, 1.807) is 0 Å². The van der Waals surface area contributed by atoms with Crippen LogP contribution in [0, 0.1) is 19.8 Å². The average molecular weight is 578 g/mol. The Morgan fingerprint density at radius 1 is 1.07 bits per heavy atom. The van der Waals surface area contributed by atoms with Crippen LogP contribution in [0.2, 0.25) is 0 Å². The quantitative estimate of drug-likeness (QED) is 0.195. The van der Waals surface area contributed by atoms with Gasteiger partial charge in [0.1, 0.15) is 5.65 Å². The molecule has 2 saturated heterocycles. The van der Waals surface area contributed by atoms with Crippen molar-refractivity contribution in [3.8, 4) is 11.3 Å². The Morgan fingerprint density at radius 3 is 2.47 bits per heavy atom. The zero-order valence-electron chi connectivity index (χ0n) is 26.5. The molecule has 2 N–H and O–H groups in total. The number of hydrogen-bond acceptors (Lipinski definition) is 4. The first-order chi connectivity index (χ1) is 20.7. The van der Waals surface area contributed by atoms with Crippen LogP contribution in [0.4, 0.5) is 0 Å². The molecule has 4 aromatic rings. The average Bonchev–Trinajstić information content (AvgIpc) is 3.40. The number of pyridine rings is 2. The summed E-state index contributed by atoms with van der Waals surface area (Å²) < 4.78 is 0. The van der Waals surface area contributed by atoms with Crippen molar-refractivity contribution in [2.45, 2.75) is 90.5 Å². The summed E-state index contributed by atoms with van der Waals surface area (Å²) in [4.78, 5) is 29.0. The Morgan fingerprint density at radius 2 is 1.79 bits per heavy atom. The molecule has 7 rings (SSSR count). The van der Waals surface area contributed by atoms with Gasteiger partial charge in [0, 0.05) is 43.1 Å². The maximum Gasteiger partial charge on any atom is 0.232 e. The molecule has 3 aliphatic rings. The Bertz CT molecular complexity index is 1560. The molecule has 3 fully saturated rings. The molecule has 2 bridgehead atoms. The Kier molecular flexibility index (Phi) is 8.41. The molecule has 1 saturated carbocycles. The molecule has 6 heteroatoms. The molecule has 1 amide bonds. The summed E-state index contributed by atoms with van der Waals surface area (Å²) in [6.07, 6.45) is 12.6. The van der Waals surface area contributed by atoms with Crippen LogP contribution in [0.15, 0.2) is 55.0 Å². The van der Waals surface area contributed by atoms with Gasteiger partial charge in [-0.2, -0.15) is 0 Å². The van der Waals surface area contributed by atoms with E-state index in [2.05, 4.69) is 91.2 Å². The number of rotatable bonds is 10. The van der Waals surface area contributed by atoms with Gasteiger partial charge in [0.05, 0.1) is 11.1 Å². The SMILES string of the molecule is Cc1cc(C)cc(-c2[nH]c3ncc(C(C)(C)C(=O)N4CC5CCC4CC5)cc3c2C(C)CNCCCc2ccncc2)c1. The van der Waals surface area contributed by atoms with Gasteiger partial charge in [-0.25, -0.2) is 4.98 Å². The predicted molar refractivity (Wildman–Crippen MR) is 175 cm³/mol. The third-order valence-electron chi connectivity index (χ3n) is 9.94. The Balaban J connectivity index is 1.29. The van der Waals surface area contributed by atoms with E-state index < -0.39 is 5.41 Å². The molecule has 1 atom stereocenters. The highest BCUT2D eigenvalue weighted by atomic mass is 16.2. The van der Waals surface area contributed by atoms with Crippen LogP contribution in [0.1, 0.15) is 86.6 Å². The zero-order chi connectivity index (χ0) is 30.1. The predicted octanol–water partition coefficient (Wildman–Crippen LogP) is 7.25. The van der Waals surface area contributed by atoms with E-state index in [4.69, 9.17) is 4.98 Å². The number of nitrogens with one attached hydrogen (secondary N) is 2. The minimum Gasteiger partial charge on any atom is -0.339 e. The molecule has 0 radical (unpaired) electrons. The lowest BCUT2D eigenvalue weighted by atomic mass is 9.76. The molecule has 6 nitrogen and oxygen atoms in total. The van der Waals surface area contributed by atoms with E-state index in [1.807, 2.05) is 18.6 Å². The Hall–Kier alpha value is -3.51. The van der Waals surface area contributed by atoms with E-state index >= 15 is 0 Å². The summed E-state index contributed by atoms with van der Waals surface area (Å²) >= 11 is 0. The number of H-pyrrole nitrogens is 1. The fourth-order valence-corrected chi connectivity index (χ4v) is 7.48. The van der Waals surface area contributed by atoms with Crippen molar-refractivity contribution in [1.29, 1.82) is 0 Å². The zero-order valence-corrected chi connectivity index (χ0v) is 26.5. The number of aromatic amines is 1. The Labute approximate surface area is 256 Å². The van der Waals surface area contributed by atoms with Crippen molar-refractivity contribution in [1.82, 2.24) is 25.2 Å². The number of aromatic nitrogens is 3. The van der Waals surface area contributed by atoms with Gasteiger partial charge in [-0.3, -0.25) is 9.78 Å². The van der Waals surface area contributed by atoms with Gasteiger partial charge in [-0.15, -0.1) is 0 Å². The van der Waals surface area contributed by atoms with Crippen molar-refractivity contribution >= 4 is 16.9 Å². The molecular formula is C37H47N5O. The van der Waals surface area contributed by atoms with Gasteiger partial charge in [0.15, 0.2) is 0 Å². The lowest BCUT2D eigenvalue weighted by Gasteiger charge is -2.47. The van der Waals surface area contributed by atoms with E-state index in [0.717, 1.165) is 67.6 Å². The number of nitrogens with zero attached hydrogens (tertiary/aromatic N) is 3. The highest BCUT2D eigenvalue weighted by molar-refractivity contribution is 5.93. The number of aryl methyl sites for hydroxylation is 3. The van der Waals surface area contributed by atoms with Crippen LogP contribution in [0.3, 0.4) is 0 Å². The molecule has 0 spiro atoms. The minimum absolute atomic E-state index is 0.249. The monoisotopic (exact) mass is 577 g/mol. The number of hydrogen-bond donors (Lipinski definition) is 2. The van der Waals surface area contributed by atoms with E-state index in [0.29, 0.717) is 12.0 Å². The second-order valence-electron chi connectivity index (χ2n) is 13.7. The number of carbonyl (C=O) groups excluding carboxylic acids is 1. The van der Waals surface area contributed by atoms with Crippen LogP contribution in [-0.4, -0.2) is 51.4 Å². The fourth-order valence-electron chi connectivity index (χ4n) is 7.48. The van der Waals surface area contributed by atoms with Gasteiger partial charge in [-0.05, 0) is 137 Å². The van der Waals surface area contributed by atoms with Crippen LogP contribution >= 0.6 is 0 Å². The normalized spacial score (nSPS) is 19.2. The summed E-state index contributed by atoms with van der Waals surface area (Å²) in [6, 6.07) is 13.6. The number of benzene rings is 1. The van der Waals surface area contributed by atoms with Gasteiger partial charge in [0.25, 0.3) is 0 Å². The van der Waals surface area contributed by atoms with Crippen molar-refractivity contribution in [2.24, 2.45) is 5.92 Å². The van der Waals surface area contributed by atoms with E-state index in [9.17, 15) is 4.79 Å². The minimum atomic E-state index is -0.637. The molecule has 226 valence electrons. The third-order valence-corrected chi connectivity index (χ3v) is 9.94. The van der Waals surface area contributed by atoms with Crippen LogP contribution in [0.5, 0.6) is 0 Å². The number of amides is 1. The molecular weight excluding hydrogens is 530 g/mol. The molecule has 2 aliphatic heterocycles. The van der Waals surface area contributed by atoms with Crippen LogP contribution in [-0.2, 0) is 16.6 Å². The van der Waals surface area contributed by atoms with Crippen molar-refractivity contribution in [2.75, 3.05) is 19.6 Å². The first-order valence-corrected chi connectivity index (χ1v) is 16.2. The summed E-state index contributed by atoms with van der Waals surface area (Å²) in [5.74, 6) is 1.16. The first-order valence-electron chi connectivity index (χ1n) is 16.2. The summed E-state index contributed by atoms with van der Waals surface area (Å²) in [7, 11) is 0.